The molecule has 1 aromatic carbocycles. The third-order valence-electron chi connectivity index (χ3n) is 3.26. The van der Waals surface area contributed by atoms with Gasteiger partial charge in [0, 0.05) is 6.04 Å². The molecule has 0 aliphatic carbocycles. The molecular weight excluding hydrogens is 272 g/mol. The molecule has 6 nitrogen and oxygen atoms in total. The molecule has 0 spiro atoms. The summed E-state index contributed by atoms with van der Waals surface area (Å²) in [5.74, 6) is -0.338. The van der Waals surface area contributed by atoms with E-state index in [1.165, 1.54) is 25.3 Å². The Morgan fingerprint density at radius 1 is 1.33 bits per heavy atom. The number of methoxy groups -OCH3 is 1. The summed E-state index contributed by atoms with van der Waals surface area (Å²) in [4.78, 5) is 23.0. The lowest BCUT2D eigenvalue weighted by atomic mass is 10.0. The second kappa shape index (κ2) is 7.52. The lowest BCUT2D eigenvalue weighted by Gasteiger charge is -2.21. The van der Waals surface area contributed by atoms with Crippen LogP contribution in [-0.4, -0.2) is 30.3 Å². The van der Waals surface area contributed by atoms with Gasteiger partial charge < -0.3 is 20.5 Å². The van der Waals surface area contributed by atoms with Crippen LogP contribution >= 0.6 is 0 Å². The highest BCUT2D eigenvalue weighted by molar-refractivity contribution is 5.94. The third-order valence-corrected chi connectivity index (χ3v) is 3.26. The van der Waals surface area contributed by atoms with Crippen LogP contribution in [0.5, 0.6) is 5.75 Å². The molecule has 1 aromatic rings. The molecule has 1 unspecified atom stereocenters. The minimum absolute atomic E-state index is 0.0543. The zero-order valence-corrected chi connectivity index (χ0v) is 12.8. The number of nitrogens with one attached hydrogen (secondary N) is 2. The predicted molar refractivity (Wildman–Crippen MR) is 81.0 cm³/mol. The number of urea groups is 1. The number of aromatic carboxylic acids is 1. The summed E-state index contributed by atoms with van der Waals surface area (Å²) >= 11 is 0. The number of carbonyl (C=O) groups is 2. The van der Waals surface area contributed by atoms with Gasteiger partial charge in [0.05, 0.1) is 18.4 Å². The molecule has 0 aromatic heterocycles. The SMILES string of the molecule is CCC(NC(=O)Nc1cc(C(=O)O)ccc1OC)C(C)C. The Bertz CT molecular complexity index is 514. The van der Waals surface area contributed by atoms with Crippen molar-refractivity contribution in [3.63, 3.8) is 0 Å². The van der Waals surface area contributed by atoms with E-state index in [0.29, 0.717) is 17.4 Å². The molecule has 0 heterocycles. The molecule has 21 heavy (non-hydrogen) atoms. The zero-order valence-electron chi connectivity index (χ0n) is 12.8. The quantitative estimate of drug-likeness (QED) is 0.752. The van der Waals surface area contributed by atoms with Gasteiger partial charge in [0.15, 0.2) is 0 Å². The Kier molecular flexibility index (Phi) is 6.02. The second-order valence-corrected chi connectivity index (χ2v) is 5.08. The third kappa shape index (κ3) is 4.66. The van der Waals surface area contributed by atoms with Gasteiger partial charge in [-0.25, -0.2) is 9.59 Å². The maximum Gasteiger partial charge on any atom is 0.335 e. The van der Waals surface area contributed by atoms with Crippen molar-refractivity contribution in [2.24, 2.45) is 5.92 Å². The summed E-state index contributed by atoms with van der Waals surface area (Å²) in [7, 11) is 1.46. The number of hydrogen-bond donors (Lipinski definition) is 3. The van der Waals surface area contributed by atoms with Crippen LogP contribution < -0.4 is 15.4 Å². The fraction of sp³-hybridized carbons (Fsp3) is 0.467. The maximum absolute atomic E-state index is 12.0. The molecule has 0 saturated heterocycles. The van der Waals surface area contributed by atoms with E-state index in [4.69, 9.17) is 9.84 Å². The van der Waals surface area contributed by atoms with Gasteiger partial charge in [0.2, 0.25) is 0 Å². The van der Waals surface area contributed by atoms with Gasteiger partial charge in [-0.3, -0.25) is 0 Å². The number of ether oxygens (including phenoxy) is 1. The van der Waals surface area contributed by atoms with Gasteiger partial charge >= 0.3 is 12.0 Å². The first-order valence-electron chi connectivity index (χ1n) is 6.87. The minimum atomic E-state index is -1.06. The van der Waals surface area contributed by atoms with Gasteiger partial charge in [-0.05, 0) is 30.5 Å². The first kappa shape index (κ1) is 16.8. The van der Waals surface area contributed by atoms with E-state index in [1.54, 1.807) is 0 Å². The number of hydrogen-bond acceptors (Lipinski definition) is 3. The average molecular weight is 294 g/mol. The summed E-state index contributed by atoms with van der Waals surface area (Å²) < 4.78 is 5.12. The normalized spacial score (nSPS) is 11.9. The number of carboxylic acids is 1. The smallest absolute Gasteiger partial charge is 0.335 e. The van der Waals surface area contributed by atoms with E-state index < -0.39 is 5.97 Å². The predicted octanol–water partition coefficient (Wildman–Crippen LogP) is 2.95. The Morgan fingerprint density at radius 2 is 2.00 bits per heavy atom. The molecule has 2 amide bonds. The molecule has 6 heteroatoms. The number of amides is 2. The number of carbonyl (C=O) groups excluding carboxylic acids is 1. The minimum Gasteiger partial charge on any atom is -0.495 e. The number of rotatable bonds is 6. The van der Waals surface area contributed by atoms with Crippen molar-refractivity contribution in [1.82, 2.24) is 5.32 Å². The van der Waals surface area contributed by atoms with Gasteiger partial charge in [-0.15, -0.1) is 0 Å². The van der Waals surface area contributed by atoms with Crippen molar-refractivity contribution < 1.29 is 19.4 Å². The van der Waals surface area contributed by atoms with E-state index >= 15 is 0 Å². The van der Waals surface area contributed by atoms with Gasteiger partial charge in [0.1, 0.15) is 5.75 Å². The van der Waals surface area contributed by atoms with Crippen LogP contribution in [-0.2, 0) is 0 Å². The standard InChI is InChI=1S/C15H22N2O4/c1-5-11(9(2)3)16-15(20)17-12-8-10(14(18)19)6-7-13(12)21-4/h6-9,11H,5H2,1-4H3,(H,18,19)(H2,16,17,20). The van der Waals surface area contributed by atoms with Gasteiger partial charge in [-0.1, -0.05) is 20.8 Å². The lowest BCUT2D eigenvalue weighted by Crippen LogP contribution is -2.40. The van der Waals surface area contributed by atoms with Crippen LogP contribution in [0.2, 0.25) is 0 Å². The molecular formula is C15H22N2O4. The van der Waals surface area contributed by atoms with Crippen LogP contribution in [0.1, 0.15) is 37.6 Å². The number of carboxylic acid groups (broad SMARTS) is 1. The molecule has 0 radical (unpaired) electrons. The molecule has 3 N–H and O–H groups in total. The van der Waals surface area contributed by atoms with E-state index in [0.717, 1.165) is 6.42 Å². The molecule has 0 aliphatic heterocycles. The molecule has 1 rings (SSSR count). The molecule has 116 valence electrons. The summed E-state index contributed by atoms with van der Waals surface area (Å²) in [6, 6.07) is 3.98. The van der Waals surface area contributed by atoms with Crippen molar-refractivity contribution in [2.45, 2.75) is 33.2 Å². The summed E-state index contributed by atoms with van der Waals surface area (Å²) in [6.07, 6.45) is 0.817. The zero-order chi connectivity index (χ0) is 16.0. The van der Waals surface area contributed by atoms with Crippen molar-refractivity contribution in [1.29, 1.82) is 0 Å². The lowest BCUT2D eigenvalue weighted by molar-refractivity contribution is 0.0697. The number of benzene rings is 1. The van der Waals surface area contributed by atoms with E-state index in [-0.39, 0.29) is 17.6 Å². The van der Waals surface area contributed by atoms with Crippen molar-refractivity contribution in [3.05, 3.63) is 23.8 Å². The molecule has 1 atom stereocenters. The number of anilines is 1. The fourth-order valence-corrected chi connectivity index (χ4v) is 2.01. The first-order valence-corrected chi connectivity index (χ1v) is 6.87. The van der Waals surface area contributed by atoms with Gasteiger partial charge in [0.25, 0.3) is 0 Å². The Morgan fingerprint density at radius 3 is 2.48 bits per heavy atom. The first-order chi connectivity index (χ1) is 9.88. The topological polar surface area (TPSA) is 87.7 Å². The summed E-state index contributed by atoms with van der Waals surface area (Å²) in [6.45, 7) is 6.05. The summed E-state index contributed by atoms with van der Waals surface area (Å²) in [5, 5.41) is 14.5. The van der Waals surface area contributed by atoms with E-state index in [9.17, 15) is 9.59 Å². The highest BCUT2D eigenvalue weighted by Crippen LogP contribution is 2.25. The van der Waals surface area contributed by atoms with Crippen LogP contribution in [0, 0.1) is 5.92 Å². The van der Waals surface area contributed by atoms with E-state index in [2.05, 4.69) is 10.6 Å². The average Bonchev–Trinajstić information content (AvgIpc) is 2.44. The van der Waals surface area contributed by atoms with Gasteiger partial charge in [-0.2, -0.15) is 0 Å². The second-order valence-electron chi connectivity index (χ2n) is 5.08. The Hall–Kier alpha value is -2.24. The monoisotopic (exact) mass is 294 g/mol. The molecule has 0 fully saturated rings. The maximum atomic E-state index is 12.0. The van der Waals surface area contributed by atoms with Crippen LogP contribution in [0.3, 0.4) is 0 Å². The van der Waals surface area contributed by atoms with Crippen LogP contribution in [0.15, 0.2) is 18.2 Å². The summed E-state index contributed by atoms with van der Waals surface area (Å²) in [5.41, 5.74) is 0.413. The van der Waals surface area contributed by atoms with Crippen molar-refractivity contribution in [3.8, 4) is 5.75 Å². The van der Waals surface area contributed by atoms with E-state index in [1.807, 2.05) is 20.8 Å². The largest absolute Gasteiger partial charge is 0.495 e. The molecule has 0 saturated carbocycles. The Balaban J connectivity index is 2.87. The highest BCUT2D eigenvalue weighted by atomic mass is 16.5. The molecule has 0 aliphatic rings. The fourth-order valence-electron chi connectivity index (χ4n) is 2.01. The Labute approximate surface area is 124 Å². The van der Waals surface area contributed by atoms with Crippen LogP contribution in [0.4, 0.5) is 10.5 Å². The molecule has 0 bridgehead atoms. The van der Waals surface area contributed by atoms with Crippen molar-refractivity contribution >= 4 is 17.7 Å². The van der Waals surface area contributed by atoms with Crippen molar-refractivity contribution in [2.75, 3.05) is 12.4 Å². The highest BCUT2D eigenvalue weighted by Gasteiger charge is 2.16. The van der Waals surface area contributed by atoms with Crippen LogP contribution in [0.25, 0.3) is 0 Å².